The van der Waals surface area contributed by atoms with Crippen LogP contribution in [0.3, 0.4) is 0 Å². The molecule has 2 aromatic rings. The number of hydrogen-bond donors (Lipinski definition) is 1. The van der Waals surface area contributed by atoms with E-state index in [1.165, 1.54) is 0 Å². The van der Waals surface area contributed by atoms with E-state index >= 15 is 0 Å². The van der Waals surface area contributed by atoms with Crippen LogP contribution in [-0.2, 0) is 6.54 Å². The van der Waals surface area contributed by atoms with Crippen LogP contribution in [0.25, 0.3) is 0 Å². The molecular weight excluding hydrogens is 252 g/mol. The first-order valence-corrected chi connectivity index (χ1v) is 6.48. The van der Waals surface area contributed by atoms with Crippen molar-refractivity contribution >= 4 is 23.4 Å². The van der Waals surface area contributed by atoms with Crippen LogP contribution in [0.1, 0.15) is 11.3 Å². The summed E-state index contributed by atoms with van der Waals surface area (Å²) in [5.41, 5.74) is 7.71. The molecule has 0 aliphatic rings. The molecule has 1 aromatic carbocycles. The molecule has 88 valence electrons. The number of nitrogens with two attached hydrogens (primary N) is 1. The molecule has 0 aliphatic carbocycles. The summed E-state index contributed by atoms with van der Waals surface area (Å²) in [5.74, 6) is 0. The molecule has 0 atom stereocenters. The van der Waals surface area contributed by atoms with Crippen LogP contribution in [0.2, 0.25) is 5.02 Å². The van der Waals surface area contributed by atoms with Gasteiger partial charge in [0.15, 0.2) is 0 Å². The summed E-state index contributed by atoms with van der Waals surface area (Å²) in [4.78, 5) is 5.48. The number of pyridine rings is 1. The van der Waals surface area contributed by atoms with E-state index in [2.05, 4.69) is 4.98 Å². The second kappa shape index (κ2) is 5.54. The Bertz CT molecular complexity index is 529. The Balaban J connectivity index is 2.30. The number of hydrogen-bond acceptors (Lipinski definition) is 3. The van der Waals surface area contributed by atoms with E-state index in [9.17, 15) is 0 Å². The van der Waals surface area contributed by atoms with Crippen molar-refractivity contribution in [1.29, 1.82) is 0 Å². The van der Waals surface area contributed by atoms with E-state index in [0.29, 0.717) is 6.54 Å². The van der Waals surface area contributed by atoms with Crippen molar-refractivity contribution in [3.8, 4) is 0 Å². The Hall–Kier alpha value is -1.03. The zero-order chi connectivity index (χ0) is 12.3. The van der Waals surface area contributed by atoms with Gasteiger partial charge < -0.3 is 5.73 Å². The minimum atomic E-state index is 0.527. The standard InChI is InChI=1S/C13H13ClN2S/c1-9-6-10(8-15)7-13(16-9)17-12-5-3-2-4-11(12)14/h2-7H,8,15H2,1H3. The van der Waals surface area contributed by atoms with Gasteiger partial charge in [-0.15, -0.1) is 0 Å². The van der Waals surface area contributed by atoms with Gasteiger partial charge >= 0.3 is 0 Å². The molecule has 0 fully saturated rings. The molecule has 0 bridgehead atoms. The van der Waals surface area contributed by atoms with Crippen molar-refractivity contribution in [3.63, 3.8) is 0 Å². The number of halogens is 1. The maximum atomic E-state index is 6.11. The first-order valence-electron chi connectivity index (χ1n) is 5.29. The highest BCUT2D eigenvalue weighted by atomic mass is 35.5. The van der Waals surface area contributed by atoms with Crippen LogP contribution in [0.15, 0.2) is 46.3 Å². The summed E-state index contributed by atoms with van der Waals surface area (Å²) in [7, 11) is 0. The third-order valence-corrected chi connectivity index (χ3v) is 3.71. The molecule has 1 heterocycles. The van der Waals surface area contributed by atoms with E-state index in [1.807, 2.05) is 43.3 Å². The first kappa shape index (κ1) is 12.4. The first-order chi connectivity index (χ1) is 8.19. The minimum absolute atomic E-state index is 0.527. The van der Waals surface area contributed by atoms with Crippen LogP contribution >= 0.6 is 23.4 Å². The van der Waals surface area contributed by atoms with Gasteiger partial charge in [0.1, 0.15) is 5.03 Å². The summed E-state index contributed by atoms with van der Waals surface area (Å²) in [6, 6.07) is 11.7. The van der Waals surface area contributed by atoms with Gasteiger partial charge in [0.25, 0.3) is 0 Å². The smallest absolute Gasteiger partial charge is 0.101 e. The number of rotatable bonds is 3. The molecule has 17 heavy (non-hydrogen) atoms. The van der Waals surface area contributed by atoms with E-state index in [0.717, 1.165) is 26.2 Å². The lowest BCUT2D eigenvalue weighted by molar-refractivity contribution is 0.987. The zero-order valence-electron chi connectivity index (χ0n) is 9.48. The third kappa shape index (κ3) is 3.22. The molecule has 2 rings (SSSR count). The average Bonchev–Trinajstić information content (AvgIpc) is 2.31. The molecule has 1 aromatic heterocycles. The SMILES string of the molecule is Cc1cc(CN)cc(Sc2ccccc2Cl)n1. The van der Waals surface area contributed by atoms with Crippen LogP contribution in [0, 0.1) is 6.92 Å². The van der Waals surface area contributed by atoms with E-state index in [1.54, 1.807) is 11.8 Å². The number of aromatic nitrogens is 1. The summed E-state index contributed by atoms with van der Waals surface area (Å²) >= 11 is 7.67. The highest BCUT2D eigenvalue weighted by Gasteiger charge is 2.04. The summed E-state index contributed by atoms with van der Waals surface area (Å²) in [5, 5.41) is 1.67. The maximum Gasteiger partial charge on any atom is 0.101 e. The lowest BCUT2D eigenvalue weighted by Gasteiger charge is -2.06. The quantitative estimate of drug-likeness (QED) is 0.920. The van der Waals surface area contributed by atoms with Gasteiger partial charge in [0.2, 0.25) is 0 Å². The molecule has 2 N–H and O–H groups in total. The summed E-state index contributed by atoms with van der Waals surface area (Å²) in [6.07, 6.45) is 0. The third-order valence-electron chi connectivity index (χ3n) is 2.28. The van der Waals surface area contributed by atoms with Gasteiger partial charge in [0.05, 0.1) is 5.02 Å². The highest BCUT2D eigenvalue weighted by molar-refractivity contribution is 7.99. The second-order valence-corrected chi connectivity index (χ2v) is 5.16. The van der Waals surface area contributed by atoms with Crippen LogP contribution in [0.5, 0.6) is 0 Å². The van der Waals surface area contributed by atoms with Gasteiger partial charge in [-0.2, -0.15) is 0 Å². The number of nitrogens with zero attached hydrogens (tertiary/aromatic N) is 1. The lowest BCUT2D eigenvalue weighted by atomic mass is 10.2. The molecule has 0 spiro atoms. The predicted molar refractivity (Wildman–Crippen MR) is 72.4 cm³/mol. The van der Waals surface area contributed by atoms with Gasteiger partial charge in [-0.3, -0.25) is 0 Å². The van der Waals surface area contributed by atoms with Crippen molar-refractivity contribution in [2.45, 2.75) is 23.4 Å². The fourth-order valence-corrected chi connectivity index (χ4v) is 2.71. The second-order valence-electron chi connectivity index (χ2n) is 3.69. The van der Waals surface area contributed by atoms with Crippen molar-refractivity contribution in [3.05, 3.63) is 52.7 Å². The average molecular weight is 265 g/mol. The fourth-order valence-electron chi connectivity index (χ4n) is 1.52. The Morgan fingerprint density at radius 3 is 2.76 bits per heavy atom. The molecule has 2 nitrogen and oxygen atoms in total. The number of aryl methyl sites for hydroxylation is 1. The van der Waals surface area contributed by atoms with Crippen LogP contribution in [0.4, 0.5) is 0 Å². The van der Waals surface area contributed by atoms with E-state index < -0.39 is 0 Å². The van der Waals surface area contributed by atoms with Gasteiger partial charge in [-0.1, -0.05) is 35.5 Å². The van der Waals surface area contributed by atoms with Gasteiger partial charge in [0, 0.05) is 17.1 Å². The summed E-state index contributed by atoms with van der Waals surface area (Å²) in [6.45, 7) is 2.50. The van der Waals surface area contributed by atoms with Crippen LogP contribution in [-0.4, -0.2) is 4.98 Å². The molecule has 0 saturated heterocycles. The molecule has 4 heteroatoms. The van der Waals surface area contributed by atoms with E-state index in [-0.39, 0.29) is 0 Å². The molecular formula is C13H13ClN2S. The zero-order valence-corrected chi connectivity index (χ0v) is 11.1. The molecule has 0 radical (unpaired) electrons. The molecule has 0 aliphatic heterocycles. The van der Waals surface area contributed by atoms with Gasteiger partial charge in [-0.05, 0) is 36.8 Å². The Morgan fingerprint density at radius 2 is 2.06 bits per heavy atom. The Kier molecular flexibility index (Phi) is 4.05. The van der Waals surface area contributed by atoms with Crippen LogP contribution < -0.4 is 5.73 Å². The lowest BCUT2D eigenvalue weighted by Crippen LogP contribution is -1.98. The molecule has 0 saturated carbocycles. The predicted octanol–water partition coefficient (Wildman–Crippen LogP) is 3.65. The van der Waals surface area contributed by atoms with Crippen molar-refractivity contribution in [2.24, 2.45) is 5.73 Å². The van der Waals surface area contributed by atoms with E-state index in [4.69, 9.17) is 17.3 Å². The topological polar surface area (TPSA) is 38.9 Å². The Labute approximate surface area is 110 Å². The van der Waals surface area contributed by atoms with Gasteiger partial charge in [-0.25, -0.2) is 4.98 Å². The van der Waals surface area contributed by atoms with Crippen molar-refractivity contribution in [2.75, 3.05) is 0 Å². The maximum absolute atomic E-state index is 6.11. The largest absolute Gasteiger partial charge is 0.326 e. The highest BCUT2D eigenvalue weighted by Crippen LogP contribution is 2.32. The monoisotopic (exact) mass is 264 g/mol. The fraction of sp³-hybridized carbons (Fsp3) is 0.154. The molecule has 0 amide bonds. The van der Waals surface area contributed by atoms with Crippen molar-refractivity contribution in [1.82, 2.24) is 4.98 Å². The summed E-state index contributed by atoms with van der Waals surface area (Å²) < 4.78 is 0. The normalized spacial score (nSPS) is 10.5. The Morgan fingerprint density at radius 1 is 1.29 bits per heavy atom. The number of benzene rings is 1. The minimum Gasteiger partial charge on any atom is -0.326 e. The molecule has 0 unspecified atom stereocenters. The van der Waals surface area contributed by atoms with Crippen molar-refractivity contribution < 1.29 is 0 Å².